The highest BCUT2D eigenvalue weighted by Gasteiger charge is 2.30. The maximum atomic E-state index is 13.3. The molecule has 6 nitrogen and oxygen atoms in total. The van der Waals surface area contributed by atoms with Crippen LogP contribution in [0.5, 0.6) is 17.2 Å². The number of ether oxygens (including phenoxy) is 3. The monoisotopic (exact) mass is 443 g/mol. The van der Waals surface area contributed by atoms with Crippen molar-refractivity contribution in [2.45, 2.75) is 25.6 Å². The molecule has 1 atom stereocenters. The van der Waals surface area contributed by atoms with Crippen LogP contribution in [-0.2, 0) is 6.61 Å². The highest BCUT2D eigenvalue weighted by Crippen LogP contribution is 2.34. The zero-order chi connectivity index (χ0) is 22.7. The third-order valence-corrected chi connectivity index (χ3v) is 5.28. The molecule has 1 fully saturated rings. The average molecular weight is 443 g/mol. The molecule has 1 aliphatic rings. The van der Waals surface area contributed by atoms with Crippen LogP contribution in [0.1, 0.15) is 18.4 Å². The fraction of sp³-hybridized carbons (Fsp3) is 0.292. The summed E-state index contributed by atoms with van der Waals surface area (Å²) in [6.07, 6.45) is 3.09. The zero-order valence-electron chi connectivity index (χ0n) is 17.5. The SMILES string of the molecule is COc1cc(-n2ccc(OCc3ccc(F)c(F)c3)cc2=O)ccc1OC[C@@H](O)C1CC1. The van der Waals surface area contributed by atoms with Crippen LogP contribution in [0.2, 0.25) is 0 Å². The van der Waals surface area contributed by atoms with Crippen molar-refractivity contribution in [1.29, 1.82) is 0 Å². The molecule has 32 heavy (non-hydrogen) atoms. The summed E-state index contributed by atoms with van der Waals surface area (Å²) in [5, 5.41) is 9.99. The van der Waals surface area contributed by atoms with Gasteiger partial charge in [-0.1, -0.05) is 6.07 Å². The highest BCUT2D eigenvalue weighted by atomic mass is 19.2. The minimum absolute atomic E-state index is 0.00673. The molecule has 1 saturated carbocycles. The lowest BCUT2D eigenvalue weighted by Crippen LogP contribution is -2.20. The molecule has 1 heterocycles. The quantitative estimate of drug-likeness (QED) is 0.544. The van der Waals surface area contributed by atoms with Crippen molar-refractivity contribution in [3.63, 3.8) is 0 Å². The molecule has 0 spiro atoms. The first-order valence-electron chi connectivity index (χ1n) is 10.2. The number of aromatic nitrogens is 1. The molecular formula is C24H23F2NO5. The molecule has 0 unspecified atom stereocenters. The van der Waals surface area contributed by atoms with Gasteiger partial charge in [-0.05, 0) is 54.7 Å². The third kappa shape index (κ3) is 5.08. The molecule has 8 heteroatoms. The number of hydrogen-bond acceptors (Lipinski definition) is 5. The fourth-order valence-electron chi connectivity index (χ4n) is 3.28. The molecule has 2 aromatic carbocycles. The Morgan fingerprint density at radius 2 is 1.84 bits per heavy atom. The number of rotatable bonds is 9. The van der Waals surface area contributed by atoms with E-state index in [1.54, 1.807) is 30.5 Å². The Morgan fingerprint density at radius 3 is 2.53 bits per heavy atom. The third-order valence-electron chi connectivity index (χ3n) is 5.28. The first-order valence-corrected chi connectivity index (χ1v) is 10.2. The van der Waals surface area contributed by atoms with E-state index in [0.717, 1.165) is 25.0 Å². The second kappa shape index (κ2) is 9.40. The van der Waals surface area contributed by atoms with Crippen LogP contribution < -0.4 is 19.8 Å². The summed E-state index contributed by atoms with van der Waals surface area (Å²) in [6, 6.07) is 11.5. The number of aliphatic hydroxyl groups excluding tert-OH is 1. The lowest BCUT2D eigenvalue weighted by Gasteiger charge is -2.15. The van der Waals surface area contributed by atoms with E-state index in [9.17, 15) is 18.7 Å². The van der Waals surface area contributed by atoms with Crippen molar-refractivity contribution < 1.29 is 28.1 Å². The second-order valence-corrected chi connectivity index (χ2v) is 7.66. The second-order valence-electron chi connectivity index (χ2n) is 7.66. The van der Waals surface area contributed by atoms with Gasteiger partial charge in [0.25, 0.3) is 5.56 Å². The van der Waals surface area contributed by atoms with Crippen molar-refractivity contribution in [2.24, 2.45) is 5.92 Å². The molecule has 4 rings (SSSR count). The molecule has 1 aromatic heterocycles. The van der Waals surface area contributed by atoms with Crippen LogP contribution in [0, 0.1) is 17.6 Å². The first kappa shape index (κ1) is 21.8. The van der Waals surface area contributed by atoms with Gasteiger partial charge in [0.05, 0.1) is 18.9 Å². The van der Waals surface area contributed by atoms with E-state index >= 15 is 0 Å². The van der Waals surface area contributed by atoms with Gasteiger partial charge < -0.3 is 19.3 Å². The smallest absolute Gasteiger partial charge is 0.258 e. The maximum absolute atomic E-state index is 13.3. The Labute approximate surface area is 183 Å². The van der Waals surface area contributed by atoms with E-state index in [1.807, 2.05) is 0 Å². The molecule has 0 aliphatic heterocycles. The summed E-state index contributed by atoms with van der Waals surface area (Å²) in [6.45, 7) is 0.178. The van der Waals surface area contributed by atoms with E-state index < -0.39 is 17.7 Å². The molecule has 0 amide bonds. The van der Waals surface area contributed by atoms with E-state index in [-0.39, 0.29) is 18.8 Å². The van der Waals surface area contributed by atoms with Gasteiger partial charge in [0.2, 0.25) is 0 Å². The average Bonchev–Trinajstić information content (AvgIpc) is 3.64. The van der Waals surface area contributed by atoms with Gasteiger partial charge in [0, 0.05) is 18.3 Å². The predicted molar refractivity (Wildman–Crippen MR) is 114 cm³/mol. The Balaban J connectivity index is 1.45. The Bertz CT molecular complexity index is 1160. The van der Waals surface area contributed by atoms with Gasteiger partial charge in [-0.15, -0.1) is 0 Å². The van der Waals surface area contributed by atoms with Crippen molar-refractivity contribution in [3.8, 4) is 22.9 Å². The van der Waals surface area contributed by atoms with E-state index in [2.05, 4.69) is 0 Å². The zero-order valence-corrected chi connectivity index (χ0v) is 17.5. The number of nitrogens with zero attached hydrogens (tertiary/aromatic N) is 1. The standard InChI is InChI=1S/C24H23F2NO5/c1-30-23-11-17(5-7-22(23)32-14-21(28)16-3-4-16)27-9-8-18(12-24(27)29)31-13-15-2-6-19(25)20(26)10-15/h2,5-12,16,21,28H,3-4,13-14H2,1H3/t21-/m1/s1. The summed E-state index contributed by atoms with van der Waals surface area (Å²) < 4.78 is 44.3. The van der Waals surface area contributed by atoms with Crippen LogP contribution in [0.3, 0.4) is 0 Å². The Hall–Kier alpha value is -3.39. The van der Waals surface area contributed by atoms with Gasteiger partial charge in [0.15, 0.2) is 23.1 Å². The molecule has 0 saturated heterocycles. The van der Waals surface area contributed by atoms with Crippen LogP contribution >= 0.6 is 0 Å². The van der Waals surface area contributed by atoms with Crippen LogP contribution in [0.15, 0.2) is 59.5 Å². The number of methoxy groups -OCH3 is 1. The van der Waals surface area contributed by atoms with E-state index in [1.165, 1.54) is 23.8 Å². The number of aliphatic hydroxyl groups is 1. The summed E-state index contributed by atoms with van der Waals surface area (Å²) in [5.74, 6) is -0.350. The molecule has 0 radical (unpaired) electrons. The van der Waals surface area contributed by atoms with Crippen molar-refractivity contribution in [3.05, 3.63) is 82.3 Å². The highest BCUT2D eigenvalue weighted by molar-refractivity contribution is 5.49. The molecule has 1 aliphatic carbocycles. The van der Waals surface area contributed by atoms with Crippen LogP contribution in [0.25, 0.3) is 5.69 Å². The maximum Gasteiger partial charge on any atom is 0.258 e. The van der Waals surface area contributed by atoms with Gasteiger partial charge in [-0.25, -0.2) is 8.78 Å². The molecule has 1 N–H and O–H groups in total. The van der Waals surface area contributed by atoms with Crippen molar-refractivity contribution in [2.75, 3.05) is 13.7 Å². The van der Waals surface area contributed by atoms with Crippen molar-refractivity contribution >= 4 is 0 Å². The van der Waals surface area contributed by atoms with E-state index in [0.29, 0.717) is 34.4 Å². The van der Waals surface area contributed by atoms with Crippen molar-refractivity contribution in [1.82, 2.24) is 4.57 Å². The Morgan fingerprint density at radius 1 is 1.03 bits per heavy atom. The minimum atomic E-state index is -0.954. The lowest BCUT2D eigenvalue weighted by molar-refractivity contribution is 0.0880. The van der Waals surface area contributed by atoms with Crippen LogP contribution in [0.4, 0.5) is 8.78 Å². The Kier molecular flexibility index (Phi) is 6.41. The molecule has 168 valence electrons. The van der Waals surface area contributed by atoms with Gasteiger partial charge in [-0.2, -0.15) is 0 Å². The summed E-state index contributed by atoms with van der Waals surface area (Å²) in [5.41, 5.74) is 0.668. The molecule has 3 aromatic rings. The lowest BCUT2D eigenvalue weighted by atomic mass is 10.2. The predicted octanol–water partition coefficient (Wildman–Crippen LogP) is 3.85. The van der Waals surface area contributed by atoms with Gasteiger partial charge >= 0.3 is 0 Å². The molecular weight excluding hydrogens is 420 g/mol. The largest absolute Gasteiger partial charge is 0.493 e. The summed E-state index contributed by atoms with van der Waals surface area (Å²) >= 11 is 0. The normalized spacial score (nSPS) is 14.1. The summed E-state index contributed by atoms with van der Waals surface area (Å²) in [4.78, 5) is 12.6. The minimum Gasteiger partial charge on any atom is -0.493 e. The number of hydrogen-bond donors (Lipinski definition) is 1. The van der Waals surface area contributed by atoms with Gasteiger partial charge in [0.1, 0.15) is 19.0 Å². The topological polar surface area (TPSA) is 69.9 Å². The van der Waals surface area contributed by atoms with Crippen LogP contribution in [-0.4, -0.2) is 29.5 Å². The van der Waals surface area contributed by atoms with Gasteiger partial charge in [-0.3, -0.25) is 9.36 Å². The van der Waals surface area contributed by atoms with E-state index in [4.69, 9.17) is 14.2 Å². The molecule has 0 bridgehead atoms. The number of pyridine rings is 1. The number of halogens is 2. The summed E-state index contributed by atoms with van der Waals surface area (Å²) in [7, 11) is 1.50. The number of benzene rings is 2. The first-order chi connectivity index (χ1) is 15.4. The fourth-order valence-corrected chi connectivity index (χ4v) is 3.28.